The van der Waals surface area contributed by atoms with E-state index in [1.807, 2.05) is 31.1 Å². The lowest BCUT2D eigenvalue weighted by Gasteiger charge is -2.16. The van der Waals surface area contributed by atoms with Crippen LogP contribution in [0.3, 0.4) is 0 Å². The Morgan fingerprint density at radius 3 is 2.92 bits per heavy atom. The van der Waals surface area contributed by atoms with E-state index in [2.05, 4.69) is 10.3 Å². The summed E-state index contributed by atoms with van der Waals surface area (Å²) in [4.78, 5) is 18.6. The van der Waals surface area contributed by atoms with Crippen LogP contribution in [-0.4, -0.2) is 38.2 Å². The smallest absolute Gasteiger partial charge is 0.228 e. The second-order valence-electron chi connectivity index (χ2n) is 5.95. The van der Waals surface area contributed by atoms with Crippen LogP contribution in [0.4, 0.5) is 11.5 Å². The van der Waals surface area contributed by atoms with Crippen molar-refractivity contribution in [2.45, 2.75) is 12.8 Å². The average molecular weight is 362 g/mol. The molecule has 1 N–H and O–H groups in total. The van der Waals surface area contributed by atoms with E-state index in [4.69, 9.17) is 21.1 Å². The number of benzene rings is 1. The molecule has 0 spiro atoms. The highest BCUT2D eigenvalue weighted by molar-refractivity contribution is 6.32. The van der Waals surface area contributed by atoms with Crippen LogP contribution in [0.25, 0.3) is 0 Å². The van der Waals surface area contributed by atoms with Crippen LogP contribution in [0.1, 0.15) is 12.0 Å². The van der Waals surface area contributed by atoms with E-state index in [1.54, 1.807) is 18.3 Å². The van der Waals surface area contributed by atoms with E-state index >= 15 is 0 Å². The van der Waals surface area contributed by atoms with Crippen LogP contribution in [-0.2, 0) is 11.2 Å². The topological polar surface area (TPSA) is 63.7 Å². The molecule has 1 aliphatic heterocycles. The first kappa shape index (κ1) is 17.4. The van der Waals surface area contributed by atoms with Gasteiger partial charge in [-0.2, -0.15) is 0 Å². The molecule has 3 rings (SSSR count). The number of fused-ring (bicyclic) bond motifs is 1. The van der Waals surface area contributed by atoms with Crippen molar-refractivity contribution in [2.75, 3.05) is 37.5 Å². The van der Waals surface area contributed by atoms with Gasteiger partial charge in [-0.05, 0) is 29.8 Å². The van der Waals surface area contributed by atoms with Gasteiger partial charge in [0, 0.05) is 26.7 Å². The molecular weight excluding hydrogens is 342 g/mol. The lowest BCUT2D eigenvalue weighted by molar-refractivity contribution is -0.115. The fourth-order valence-corrected chi connectivity index (χ4v) is 2.90. The van der Waals surface area contributed by atoms with Crippen molar-refractivity contribution < 1.29 is 14.3 Å². The molecule has 0 bridgehead atoms. The number of nitrogens with one attached hydrogen (secondary N) is 1. The van der Waals surface area contributed by atoms with Gasteiger partial charge in [0.15, 0.2) is 17.3 Å². The summed E-state index contributed by atoms with van der Waals surface area (Å²) in [7, 11) is 3.75. The zero-order chi connectivity index (χ0) is 17.8. The number of rotatable bonds is 4. The number of ether oxygens (including phenoxy) is 2. The Kier molecular flexibility index (Phi) is 5.28. The Morgan fingerprint density at radius 2 is 2.12 bits per heavy atom. The average Bonchev–Trinajstić information content (AvgIpc) is 2.81. The number of nitrogens with zero attached hydrogens (tertiary/aromatic N) is 2. The third kappa shape index (κ3) is 4.14. The molecule has 1 aromatic carbocycles. The van der Waals surface area contributed by atoms with Gasteiger partial charge in [-0.1, -0.05) is 11.6 Å². The number of hydrogen-bond donors (Lipinski definition) is 1. The normalized spacial score (nSPS) is 13.1. The molecule has 0 radical (unpaired) electrons. The fourth-order valence-electron chi connectivity index (χ4n) is 2.62. The summed E-state index contributed by atoms with van der Waals surface area (Å²) in [6, 6.07) is 7.15. The van der Waals surface area contributed by atoms with Crippen LogP contribution in [0.15, 0.2) is 30.5 Å². The van der Waals surface area contributed by atoms with Crippen molar-refractivity contribution in [1.29, 1.82) is 0 Å². The minimum absolute atomic E-state index is 0.151. The van der Waals surface area contributed by atoms with Gasteiger partial charge >= 0.3 is 0 Å². The molecule has 0 unspecified atom stereocenters. The summed E-state index contributed by atoms with van der Waals surface area (Å²) in [5.41, 5.74) is 1.43. The van der Waals surface area contributed by atoms with E-state index in [9.17, 15) is 4.79 Å². The lowest BCUT2D eigenvalue weighted by Crippen LogP contribution is -2.19. The Labute approximate surface area is 151 Å². The summed E-state index contributed by atoms with van der Waals surface area (Å²) >= 11 is 6.28. The SMILES string of the molecule is CN(C)c1ncccc1NC(=O)Cc1cc(Cl)c2c(c1)OCCCO2. The zero-order valence-corrected chi connectivity index (χ0v) is 15.0. The van der Waals surface area contributed by atoms with Gasteiger partial charge in [-0.15, -0.1) is 0 Å². The number of carbonyl (C=O) groups is 1. The maximum absolute atomic E-state index is 12.4. The maximum atomic E-state index is 12.4. The third-order valence-corrected chi connectivity index (χ3v) is 3.99. The summed E-state index contributed by atoms with van der Waals surface area (Å²) in [5.74, 6) is 1.68. The molecule has 132 valence electrons. The van der Waals surface area contributed by atoms with Gasteiger partial charge in [0.2, 0.25) is 5.91 Å². The predicted molar refractivity (Wildman–Crippen MR) is 98.0 cm³/mol. The molecule has 0 atom stereocenters. The first-order valence-corrected chi connectivity index (χ1v) is 8.42. The number of anilines is 2. The van der Waals surface area contributed by atoms with E-state index in [1.165, 1.54) is 0 Å². The van der Waals surface area contributed by atoms with Crippen molar-refractivity contribution in [3.8, 4) is 11.5 Å². The van der Waals surface area contributed by atoms with Gasteiger partial charge in [0.05, 0.1) is 30.3 Å². The third-order valence-electron chi connectivity index (χ3n) is 3.71. The van der Waals surface area contributed by atoms with Gasteiger partial charge in [-0.3, -0.25) is 4.79 Å². The molecule has 0 saturated heterocycles. The molecule has 1 aliphatic rings. The molecule has 0 saturated carbocycles. The Hall–Kier alpha value is -2.47. The van der Waals surface area contributed by atoms with Crippen LogP contribution >= 0.6 is 11.6 Å². The highest BCUT2D eigenvalue weighted by Gasteiger charge is 2.17. The van der Waals surface area contributed by atoms with E-state index in [0.717, 1.165) is 12.0 Å². The molecule has 1 amide bonds. The summed E-state index contributed by atoms with van der Waals surface area (Å²) in [6.07, 6.45) is 2.67. The van der Waals surface area contributed by atoms with Gasteiger partial charge in [0.1, 0.15) is 0 Å². The zero-order valence-electron chi connectivity index (χ0n) is 14.2. The van der Waals surface area contributed by atoms with Gasteiger partial charge < -0.3 is 19.7 Å². The molecular formula is C18H20ClN3O3. The Morgan fingerprint density at radius 1 is 1.32 bits per heavy atom. The minimum atomic E-state index is -0.151. The minimum Gasteiger partial charge on any atom is -0.489 e. The predicted octanol–water partition coefficient (Wildman–Crippen LogP) is 3.14. The van der Waals surface area contributed by atoms with E-state index in [-0.39, 0.29) is 12.3 Å². The summed E-state index contributed by atoms with van der Waals surface area (Å²) < 4.78 is 11.3. The molecule has 25 heavy (non-hydrogen) atoms. The van der Waals surface area contributed by atoms with Gasteiger partial charge in [-0.25, -0.2) is 4.98 Å². The molecule has 6 nitrogen and oxygen atoms in total. The van der Waals surface area contributed by atoms with E-state index < -0.39 is 0 Å². The number of halogens is 1. The van der Waals surface area contributed by atoms with E-state index in [0.29, 0.717) is 41.2 Å². The lowest BCUT2D eigenvalue weighted by atomic mass is 10.1. The van der Waals surface area contributed by atoms with Crippen molar-refractivity contribution in [2.24, 2.45) is 0 Å². The fraction of sp³-hybridized carbons (Fsp3) is 0.333. The Balaban J connectivity index is 1.76. The number of aromatic nitrogens is 1. The first-order chi connectivity index (χ1) is 12.0. The van der Waals surface area contributed by atoms with Crippen molar-refractivity contribution >= 4 is 29.0 Å². The van der Waals surface area contributed by atoms with Crippen LogP contribution in [0.5, 0.6) is 11.5 Å². The molecule has 0 fully saturated rings. The number of hydrogen-bond acceptors (Lipinski definition) is 5. The van der Waals surface area contributed by atoms with Crippen molar-refractivity contribution in [1.82, 2.24) is 4.98 Å². The standard InChI is InChI=1S/C18H20ClN3O3/c1-22(2)18-14(5-3-6-20-18)21-16(23)11-12-9-13(19)17-15(10-12)24-7-4-8-25-17/h3,5-6,9-10H,4,7-8,11H2,1-2H3,(H,21,23). The molecule has 2 aromatic rings. The van der Waals surface area contributed by atoms with Crippen LogP contribution < -0.4 is 19.7 Å². The van der Waals surface area contributed by atoms with Crippen LogP contribution in [0.2, 0.25) is 5.02 Å². The monoisotopic (exact) mass is 361 g/mol. The quantitative estimate of drug-likeness (QED) is 0.906. The second-order valence-corrected chi connectivity index (χ2v) is 6.36. The van der Waals surface area contributed by atoms with Crippen LogP contribution in [0, 0.1) is 0 Å². The highest BCUT2D eigenvalue weighted by atomic mass is 35.5. The highest BCUT2D eigenvalue weighted by Crippen LogP contribution is 2.38. The summed E-state index contributed by atoms with van der Waals surface area (Å²) in [6.45, 7) is 1.14. The summed E-state index contributed by atoms with van der Waals surface area (Å²) in [5, 5.41) is 3.35. The number of amides is 1. The molecule has 2 heterocycles. The molecule has 1 aromatic heterocycles. The maximum Gasteiger partial charge on any atom is 0.228 e. The second kappa shape index (κ2) is 7.61. The van der Waals surface area contributed by atoms with Crippen molar-refractivity contribution in [3.05, 3.63) is 41.0 Å². The first-order valence-electron chi connectivity index (χ1n) is 8.05. The molecule has 0 aliphatic carbocycles. The number of pyridine rings is 1. The Bertz CT molecular complexity index is 780. The number of carbonyl (C=O) groups excluding carboxylic acids is 1. The largest absolute Gasteiger partial charge is 0.489 e. The molecule has 7 heteroatoms. The van der Waals surface area contributed by atoms with Crippen molar-refractivity contribution in [3.63, 3.8) is 0 Å². The van der Waals surface area contributed by atoms with Gasteiger partial charge in [0.25, 0.3) is 0 Å².